The minimum Gasteiger partial charge on any atom is -0.445 e. The van der Waals surface area contributed by atoms with E-state index in [0.717, 1.165) is 11.1 Å². The van der Waals surface area contributed by atoms with Gasteiger partial charge >= 0.3 is 6.09 Å². The molecule has 0 radical (unpaired) electrons. The van der Waals surface area contributed by atoms with Gasteiger partial charge < -0.3 is 15.8 Å². The van der Waals surface area contributed by atoms with Gasteiger partial charge in [-0.15, -0.1) is 0 Å². The van der Waals surface area contributed by atoms with Crippen LogP contribution in [0.25, 0.3) is 22.3 Å². The number of carbonyl (C=O) groups excluding carboxylic acids is 1. The van der Waals surface area contributed by atoms with Gasteiger partial charge in [0.25, 0.3) is 0 Å². The number of nitrogen functional groups attached to an aromatic ring is 1. The van der Waals surface area contributed by atoms with Crippen LogP contribution in [-0.4, -0.2) is 32.4 Å². The number of alkyl carbamates (subject to hydrolysis) is 1. The molecule has 8 nitrogen and oxygen atoms in total. The van der Waals surface area contributed by atoms with E-state index in [2.05, 4.69) is 15.3 Å². The first-order valence-electron chi connectivity index (χ1n) is 9.95. The normalized spacial score (nSPS) is 11.4. The third-order valence-corrected chi connectivity index (χ3v) is 4.99. The number of aromatic nitrogens is 4. The summed E-state index contributed by atoms with van der Waals surface area (Å²) in [5.74, 6) is 0.362. The predicted octanol–water partition coefficient (Wildman–Crippen LogP) is 3.74. The molecule has 0 saturated carbocycles. The van der Waals surface area contributed by atoms with Crippen molar-refractivity contribution in [3.05, 3.63) is 72.6 Å². The number of ether oxygens (including phenoxy) is 1. The van der Waals surface area contributed by atoms with E-state index in [-0.39, 0.29) is 13.2 Å². The monoisotopic (exact) mass is 416 g/mol. The van der Waals surface area contributed by atoms with Crippen molar-refractivity contribution in [2.45, 2.75) is 26.0 Å². The largest absolute Gasteiger partial charge is 0.445 e. The number of nitrogens with one attached hydrogen (secondary N) is 1. The van der Waals surface area contributed by atoms with Crippen LogP contribution in [0.3, 0.4) is 0 Å². The lowest BCUT2D eigenvalue weighted by Crippen LogP contribution is -2.41. The average molecular weight is 416 g/mol. The van der Waals surface area contributed by atoms with E-state index in [4.69, 9.17) is 15.6 Å². The van der Waals surface area contributed by atoms with Gasteiger partial charge in [-0.05, 0) is 19.4 Å². The Balaban J connectivity index is 1.56. The van der Waals surface area contributed by atoms with Gasteiger partial charge in [0.15, 0.2) is 5.65 Å². The Morgan fingerprint density at radius 3 is 2.45 bits per heavy atom. The SMILES string of the molecule is CC(C)(CNC(=O)OCc1ccccc1)n1nc(-c2ccccc2)c2c(N)ncnc21. The van der Waals surface area contributed by atoms with Crippen LogP contribution in [0.4, 0.5) is 10.6 Å². The van der Waals surface area contributed by atoms with E-state index in [1.165, 1.54) is 6.33 Å². The number of nitrogens with zero attached hydrogens (tertiary/aromatic N) is 4. The molecule has 8 heteroatoms. The second kappa shape index (κ2) is 8.43. The van der Waals surface area contributed by atoms with Crippen molar-refractivity contribution in [1.82, 2.24) is 25.1 Å². The van der Waals surface area contributed by atoms with Crippen LogP contribution in [0.15, 0.2) is 67.0 Å². The van der Waals surface area contributed by atoms with Crippen LogP contribution in [0, 0.1) is 0 Å². The predicted molar refractivity (Wildman–Crippen MR) is 119 cm³/mol. The zero-order chi connectivity index (χ0) is 21.8. The fourth-order valence-corrected chi connectivity index (χ4v) is 3.33. The van der Waals surface area contributed by atoms with Crippen LogP contribution in [0.2, 0.25) is 0 Å². The average Bonchev–Trinajstić information content (AvgIpc) is 3.20. The summed E-state index contributed by atoms with van der Waals surface area (Å²) in [4.78, 5) is 20.8. The molecule has 2 aromatic carbocycles. The molecule has 0 bridgehead atoms. The van der Waals surface area contributed by atoms with Crippen LogP contribution < -0.4 is 11.1 Å². The molecule has 0 fully saturated rings. The second-order valence-electron chi connectivity index (χ2n) is 7.81. The molecule has 0 unspecified atom stereocenters. The summed E-state index contributed by atoms with van der Waals surface area (Å²) in [5, 5.41) is 8.32. The molecule has 4 aromatic rings. The molecule has 158 valence electrons. The van der Waals surface area contributed by atoms with E-state index in [0.29, 0.717) is 22.5 Å². The molecule has 0 spiro atoms. The van der Waals surface area contributed by atoms with Crippen LogP contribution >= 0.6 is 0 Å². The summed E-state index contributed by atoms with van der Waals surface area (Å²) in [6, 6.07) is 19.3. The van der Waals surface area contributed by atoms with Gasteiger partial charge in [-0.1, -0.05) is 60.7 Å². The fourth-order valence-electron chi connectivity index (χ4n) is 3.33. The molecule has 3 N–H and O–H groups in total. The number of hydrogen-bond acceptors (Lipinski definition) is 6. The first-order valence-corrected chi connectivity index (χ1v) is 9.95. The number of amides is 1. The van der Waals surface area contributed by atoms with Gasteiger partial charge in [-0.25, -0.2) is 19.4 Å². The number of fused-ring (bicyclic) bond motifs is 1. The molecular weight excluding hydrogens is 392 g/mol. The molecule has 2 heterocycles. The third-order valence-electron chi connectivity index (χ3n) is 4.99. The Bertz CT molecular complexity index is 1190. The Kier molecular flexibility index (Phi) is 5.53. The molecular formula is C23H24N6O2. The van der Waals surface area contributed by atoms with Crippen LogP contribution in [0.5, 0.6) is 0 Å². The molecule has 0 aliphatic heterocycles. The summed E-state index contributed by atoms with van der Waals surface area (Å²) >= 11 is 0. The topological polar surface area (TPSA) is 108 Å². The van der Waals surface area contributed by atoms with Gasteiger partial charge in [0.05, 0.1) is 10.9 Å². The highest BCUT2D eigenvalue weighted by Crippen LogP contribution is 2.32. The highest BCUT2D eigenvalue weighted by atomic mass is 16.5. The van der Waals surface area contributed by atoms with Crippen LogP contribution in [-0.2, 0) is 16.9 Å². The maximum atomic E-state index is 12.2. The van der Waals surface area contributed by atoms with Crippen molar-refractivity contribution in [2.24, 2.45) is 0 Å². The van der Waals surface area contributed by atoms with Crippen molar-refractivity contribution < 1.29 is 9.53 Å². The standard InChI is InChI=1S/C23H24N6O2/c1-23(2,14-25-22(30)31-13-16-9-5-3-6-10-16)29-21-18(20(24)26-15-27-21)19(28-29)17-11-7-4-8-12-17/h3-12,15H,13-14H2,1-2H3,(H,25,30)(H2,24,26,27). The van der Waals surface area contributed by atoms with Crippen molar-refractivity contribution in [3.63, 3.8) is 0 Å². The molecule has 2 aromatic heterocycles. The van der Waals surface area contributed by atoms with Gasteiger partial charge in [0.1, 0.15) is 24.4 Å². The first kappa shape index (κ1) is 20.3. The van der Waals surface area contributed by atoms with E-state index in [9.17, 15) is 4.79 Å². The van der Waals surface area contributed by atoms with Gasteiger partial charge in [-0.2, -0.15) is 5.10 Å². The van der Waals surface area contributed by atoms with E-state index >= 15 is 0 Å². The zero-order valence-corrected chi connectivity index (χ0v) is 17.4. The Hall–Kier alpha value is -3.94. The fraction of sp³-hybridized carbons (Fsp3) is 0.217. The summed E-state index contributed by atoms with van der Waals surface area (Å²) in [7, 11) is 0. The van der Waals surface area contributed by atoms with Crippen molar-refractivity contribution >= 4 is 22.9 Å². The van der Waals surface area contributed by atoms with Crippen molar-refractivity contribution in [1.29, 1.82) is 0 Å². The van der Waals surface area contributed by atoms with E-state index < -0.39 is 11.6 Å². The number of carbonyl (C=O) groups is 1. The number of benzene rings is 2. The summed E-state index contributed by atoms with van der Waals surface area (Å²) < 4.78 is 7.09. The minimum absolute atomic E-state index is 0.208. The summed E-state index contributed by atoms with van der Waals surface area (Å²) in [6.07, 6.45) is 0.924. The summed E-state index contributed by atoms with van der Waals surface area (Å²) in [6.45, 7) is 4.42. The van der Waals surface area contributed by atoms with Crippen LogP contribution in [0.1, 0.15) is 19.4 Å². The smallest absolute Gasteiger partial charge is 0.407 e. The van der Waals surface area contributed by atoms with E-state index in [1.54, 1.807) is 4.68 Å². The lowest BCUT2D eigenvalue weighted by molar-refractivity contribution is 0.135. The molecule has 1 amide bonds. The number of hydrogen-bond donors (Lipinski definition) is 2. The highest BCUT2D eigenvalue weighted by molar-refractivity contribution is 5.98. The number of anilines is 1. The molecule has 0 saturated heterocycles. The summed E-state index contributed by atoms with van der Waals surface area (Å²) in [5.41, 5.74) is 8.73. The zero-order valence-electron chi connectivity index (χ0n) is 17.4. The number of nitrogens with two attached hydrogens (primary N) is 1. The van der Waals surface area contributed by atoms with Gasteiger partial charge in [-0.3, -0.25) is 0 Å². The Morgan fingerprint density at radius 1 is 1.06 bits per heavy atom. The lowest BCUT2D eigenvalue weighted by atomic mass is 10.1. The molecule has 0 aliphatic carbocycles. The Morgan fingerprint density at radius 2 is 1.74 bits per heavy atom. The second-order valence-corrected chi connectivity index (χ2v) is 7.81. The maximum absolute atomic E-state index is 12.2. The van der Waals surface area contributed by atoms with Crippen molar-refractivity contribution in [2.75, 3.05) is 12.3 Å². The Labute approximate surface area is 180 Å². The van der Waals surface area contributed by atoms with Gasteiger partial charge in [0, 0.05) is 12.1 Å². The van der Waals surface area contributed by atoms with Crippen molar-refractivity contribution in [3.8, 4) is 11.3 Å². The van der Waals surface area contributed by atoms with Gasteiger partial charge in [0.2, 0.25) is 0 Å². The molecule has 0 atom stereocenters. The lowest BCUT2D eigenvalue weighted by Gasteiger charge is -2.26. The number of rotatable bonds is 6. The first-order chi connectivity index (χ1) is 15.0. The third kappa shape index (κ3) is 4.32. The minimum atomic E-state index is -0.599. The molecule has 4 rings (SSSR count). The highest BCUT2D eigenvalue weighted by Gasteiger charge is 2.28. The quantitative estimate of drug-likeness (QED) is 0.496. The molecule has 31 heavy (non-hydrogen) atoms. The maximum Gasteiger partial charge on any atom is 0.407 e. The van der Waals surface area contributed by atoms with E-state index in [1.807, 2.05) is 74.5 Å². The molecule has 0 aliphatic rings.